The fourth-order valence-corrected chi connectivity index (χ4v) is 1.55. The van der Waals surface area contributed by atoms with Crippen molar-refractivity contribution in [2.24, 2.45) is 0 Å². The maximum Gasteiger partial charge on any atom is 0.315 e. The zero-order valence-electron chi connectivity index (χ0n) is 11.2. The summed E-state index contributed by atoms with van der Waals surface area (Å²) in [6, 6.07) is 5.40. The minimum atomic E-state index is -0.265. The number of amides is 2. The molecule has 19 heavy (non-hydrogen) atoms. The van der Waals surface area contributed by atoms with Gasteiger partial charge in [0.05, 0.1) is 20.8 Å². The zero-order valence-corrected chi connectivity index (χ0v) is 11.2. The topological polar surface area (TPSA) is 59.6 Å². The van der Waals surface area contributed by atoms with Crippen LogP contribution in [0.25, 0.3) is 0 Å². The minimum absolute atomic E-state index is 0.224. The fraction of sp³-hybridized carbons (Fsp3) is 0.357. The number of benzene rings is 1. The molecule has 5 heteroatoms. The number of urea groups is 1. The van der Waals surface area contributed by atoms with Gasteiger partial charge in [0.25, 0.3) is 0 Å². The monoisotopic (exact) mass is 262 g/mol. The highest BCUT2D eigenvalue weighted by atomic mass is 16.5. The molecule has 1 aromatic rings. The number of ether oxygens (including phenoxy) is 2. The average molecular weight is 262 g/mol. The SMILES string of the molecule is C#CCNC(=O)NCCc1ccc(OC)c(OC)c1. The van der Waals surface area contributed by atoms with Crippen LogP contribution in [0.2, 0.25) is 0 Å². The molecule has 2 N–H and O–H groups in total. The van der Waals surface area contributed by atoms with Gasteiger partial charge in [-0.1, -0.05) is 12.0 Å². The van der Waals surface area contributed by atoms with Crippen molar-refractivity contribution in [3.8, 4) is 23.8 Å². The number of methoxy groups -OCH3 is 2. The van der Waals surface area contributed by atoms with Gasteiger partial charge in [-0.3, -0.25) is 0 Å². The molecule has 0 bridgehead atoms. The molecule has 2 amide bonds. The molecule has 0 aromatic heterocycles. The third kappa shape index (κ3) is 4.80. The van der Waals surface area contributed by atoms with Crippen LogP contribution < -0.4 is 20.1 Å². The van der Waals surface area contributed by atoms with Gasteiger partial charge in [0, 0.05) is 6.54 Å². The molecule has 0 aliphatic heterocycles. The Hall–Kier alpha value is -2.35. The van der Waals surface area contributed by atoms with E-state index in [1.165, 1.54) is 0 Å². The third-order valence-electron chi connectivity index (χ3n) is 2.50. The summed E-state index contributed by atoms with van der Waals surface area (Å²) in [5.74, 6) is 3.70. The van der Waals surface area contributed by atoms with Crippen LogP contribution in [0.3, 0.4) is 0 Å². The quantitative estimate of drug-likeness (QED) is 0.757. The molecular weight excluding hydrogens is 244 g/mol. The third-order valence-corrected chi connectivity index (χ3v) is 2.50. The Balaban J connectivity index is 2.46. The lowest BCUT2D eigenvalue weighted by Crippen LogP contribution is -2.36. The smallest absolute Gasteiger partial charge is 0.315 e. The van der Waals surface area contributed by atoms with Crippen molar-refractivity contribution in [3.05, 3.63) is 23.8 Å². The van der Waals surface area contributed by atoms with Crippen molar-refractivity contribution in [1.29, 1.82) is 0 Å². The highest BCUT2D eigenvalue weighted by molar-refractivity contribution is 5.74. The lowest BCUT2D eigenvalue weighted by Gasteiger charge is -2.10. The molecule has 0 fully saturated rings. The van der Waals surface area contributed by atoms with Gasteiger partial charge in [-0.05, 0) is 24.1 Å². The van der Waals surface area contributed by atoms with E-state index >= 15 is 0 Å². The number of nitrogens with one attached hydrogen (secondary N) is 2. The lowest BCUT2D eigenvalue weighted by molar-refractivity contribution is 0.242. The molecule has 5 nitrogen and oxygen atoms in total. The molecule has 0 unspecified atom stereocenters. The highest BCUT2D eigenvalue weighted by Gasteiger charge is 2.05. The molecule has 0 aliphatic rings. The Kier molecular flexibility index (Phi) is 6.10. The van der Waals surface area contributed by atoms with E-state index in [1.807, 2.05) is 18.2 Å². The number of terminal acetylenes is 1. The maximum atomic E-state index is 11.3. The van der Waals surface area contributed by atoms with Crippen molar-refractivity contribution < 1.29 is 14.3 Å². The van der Waals surface area contributed by atoms with Crippen molar-refractivity contribution in [2.45, 2.75) is 6.42 Å². The van der Waals surface area contributed by atoms with Crippen molar-refractivity contribution in [1.82, 2.24) is 10.6 Å². The van der Waals surface area contributed by atoms with E-state index in [1.54, 1.807) is 14.2 Å². The summed E-state index contributed by atoms with van der Waals surface area (Å²) < 4.78 is 10.4. The molecule has 0 aliphatic carbocycles. The van der Waals surface area contributed by atoms with Gasteiger partial charge in [-0.2, -0.15) is 0 Å². The Morgan fingerprint density at radius 1 is 1.26 bits per heavy atom. The van der Waals surface area contributed by atoms with E-state index < -0.39 is 0 Å². The van der Waals surface area contributed by atoms with E-state index in [4.69, 9.17) is 15.9 Å². The molecule has 0 saturated carbocycles. The number of hydrogen-bond acceptors (Lipinski definition) is 3. The van der Waals surface area contributed by atoms with Crippen LogP contribution in [0.15, 0.2) is 18.2 Å². The van der Waals surface area contributed by atoms with Gasteiger partial charge >= 0.3 is 6.03 Å². The zero-order chi connectivity index (χ0) is 14.1. The normalized spacial score (nSPS) is 9.32. The summed E-state index contributed by atoms with van der Waals surface area (Å²) in [4.78, 5) is 11.3. The Morgan fingerprint density at radius 2 is 2.00 bits per heavy atom. The van der Waals surface area contributed by atoms with Gasteiger partial charge in [0.15, 0.2) is 11.5 Å². The summed E-state index contributed by atoms with van der Waals surface area (Å²) >= 11 is 0. The predicted octanol–water partition coefficient (Wildman–Crippen LogP) is 1.18. The second-order valence-electron chi connectivity index (χ2n) is 3.75. The van der Waals surface area contributed by atoms with Crippen LogP contribution >= 0.6 is 0 Å². The first kappa shape index (κ1) is 14.7. The summed E-state index contributed by atoms with van der Waals surface area (Å²) in [5, 5.41) is 5.24. The Labute approximate surface area is 113 Å². The number of hydrogen-bond donors (Lipinski definition) is 2. The number of rotatable bonds is 6. The molecule has 0 radical (unpaired) electrons. The number of carbonyl (C=O) groups is 1. The molecule has 0 spiro atoms. The second-order valence-corrected chi connectivity index (χ2v) is 3.75. The van der Waals surface area contributed by atoms with E-state index in [0.717, 1.165) is 5.56 Å². The highest BCUT2D eigenvalue weighted by Crippen LogP contribution is 2.27. The summed E-state index contributed by atoms with van der Waals surface area (Å²) in [5.41, 5.74) is 1.05. The fourth-order valence-electron chi connectivity index (χ4n) is 1.55. The van der Waals surface area contributed by atoms with E-state index in [-0.39, 0.29) is 12.6 Å². The second kappa shape index (κ2) is 7.88. The van der Waals surface area contributed by atoms with Gasteiger partial charge in [-0.15, -0.1) is 6.42 Å². The van der Waals surface area contributed by atoms with Crippen molar-refractivity contribution in [3.63, 3.8) is 0 Å². The van der Waals surface area contributed by atoms with Crippen LogP contribution in [0.5, 0.6) is 11.5 Å². The molecule has 102 valence electrons. The Morgan fingerprint density at radius 3 is 2.63 bits per heavy atom. The molecule has 1 aromatic carbocycles. The predicted molar refractivity (Wildman–Crippen MR) is 73.5 cm³/mol. The van der Waals surface area contributed by atoms with Crippen LogP contribution in [0.4, 0.5) is 4.79 Å². The van der Waals surface area contributed by atoms with Crippen molar-refractivity contribution >= 4 is 6.03 Å². The first-order chi connectivity index (χ1) is 9.21. The van der Waals surface area contributed by atoms with Crippen molar-refractivity contribution in [2.75, 3.05) is 27.3 Å². The van der Waals surface area contributed by atoms with Gasteiger partial charge in [0.2, 0.25) is 0 Å². The van der Waals surface area contributed by atoms with E-state index in [0.29, 0.717) is 24.5 Å². The average Bonchev–Trinajstić information content (AvgIpc) is 2.44. The van der Waals surface area contributed by atoms with Crippen LogP contribution in [-0.2, 0) is 6.42 Å². The van der Waals surface area contributed by atoms with Crippen LogP contribution in [0, 0.1) is 12.3 Å². The molecule has 1 rings (SSSR count). The standard InChI is InChI=1S/C14H18N2O3/c1-4-8-15-14(17)16-9-7-11-5-6-12(18-2)13(10-11)19-3/h1,5-6,10H,7-9H2,2-3H3,(H2,15,16,17). The number of carbonyl (C=O) groups excluding carboxylic acids is 1. The largest absolute Gasteiger partial charge is 0.493 e. The lowest BCUT2D eigenvalue weighted by atomic mass is 10.1. The molecule has 0 atom stereocenters. The first-order valence-corrected chi connectivity index (χ1v) is 5.87. The Bertz CT molecular complexity index is 466. The summed E-state index contributed by atoms with van der Waals surface area (Å²) in [6.07, 6.45) is 5.74. The first-order valence-electron chi connectivity index (χ1n) is 5.87. The van der Waals surface area contributed by atoms with Gasteiger partial charge in [-0.25, -0.2) is 4.79 Å². The summed E-state index contributed by atoms with van der Waals surface area (Å²) in [6.45, 7) is 0.744. The maximum absolute atomic E-state index is 11.3. The van der Waals surface area contributed by atoms with Crippen LogP contribution in [0.1, 0.15) is 5.56 Å². The van der Waals surface area contributed by atoms with Crippen LogP contribution in [-0.4, -0.2) is 33.3 Å². The molecule has 0 saturated heterocycles. The molecule has 0 heterocycles. The molecular formula is C14H18N2O3. The van der Waals surface area contributed by atoms with Gasteiger partial charge in [0.1, 0.15) is 0 Å². The van der Waals surface area contributed by atoms with Gasteiger partial charge < -0.3 is 20.1 Å². The summed E-state index contributed by atoms with van der Waals surface area (Å²) in [7, 11) is 3.18. The minimum Gasteiger partial charge on any atom is -0.493 e. The van der Waals surface area contributed by atoms with E-state index in [9.17, 15) is 4.79 Å². The van der Waals surface area contributed by atoms with E-state index in [2.05, 4.69) is 16.6 Å².